The highest BCUT2D eigenvalue weighted by Crippen LogP contribution is 2.40. The summed E-state index contributed by atoms with van der Waals surface area (Å²) in [5.41, 5.74) is 8.65. The topological polar surface area (TPSA) is 42.2 Å². The van der Waals surface area contributed by atoms with Gasteiger partial charge in [0.05, 0.1) is 11.2 Å². The minimum Gasteiger partial charge on any atom is -0.456 e. The first-order chi connectivity index (χ1) is 20.8. The Morgan fingerprint density at radius 3 is 1.81 bits per heavy atom. The van der Waals surface area contributed by atoms with Gasteiger partial charge in [-0.1, -0.05) is 97.1 Å². The third-order valence-corrected chi connectivity index (χ3v) is 7.64. The van der Waals surface area contributed by atoms with Crippen molar-refractivity contribution in [3.63, 3.8) is 0 Å². The van der Waals surface area contributed by atoms with Gasteiger partial charge in [0.2, 0.25) is 0 Å². The molecule has 0 amide bonds. The third kappa shape index (κ3) is 4.09. The molecule has 6 aromatic carbocycles. The molecular formula is C38H25N3O. The van der Waals surface area contributed by atoms with E-state index in [-0.39, 0.29) is 0 Å². The summed E-state index contributed by atoms with van der Waals surface area (Å²) in [6.45, 7) is 0. The fraction of sp³-hybridized carbons (Fsp3) is 0. The Bertz CT molecular complexity index is 2150. The zero-order chi connectivity index (χ0) is 27.9. The van der Waals surface area contributed by atoms with Gasteiger partial charge < -0.3 is 9.32 Å². The van der Waals surface area contributed by atoms with Crippen LogP contribution in [0, 0.1) is 0 Å². The van der Waals surface area contributed by atoms with E-state index < -0.39 is 0 Å². The maximum absolute atomic E-state index is 6.23. The van der Waals surface area contributed by atoms with Gasteiger partial charge in [-0.2, -0.15) is 0 Å². The first-order valence-corrected chi connectivity index (χ1v) is 14.0. The van der Waals surface area contributed by atoms with Crippen LogP contribution in [0.4, 0.5) is 17.1 Å². The summed E-state index contributed by atoms with van der Waals surface area (Å²) in [5, 5.41) is 3.11. The molecular weight excluding hydrogens is 514 g/mol. The van der Waals surface area contributed by atoms with Gasteiger partial charge in [0, 0.05) is 44.3 Å². The molecule has 0 atom stereocenters. The molecule has 0 unspecified atom stereocenters. The predicted octanol–water partition coefficient (Wildman–Crippen LogP) is 10.3. The Morgan fingerprint density at radius 1 is 0.452 bits per heavy atom. The normalized spacial score (nSPS) is 11.3. The van der Waals surface area contributed by atoms with Crippen molar-refractivity contribution in [2.45, 2.75) is 0 Å². The van der Waals surface area contributed by atoms with Crippen LogP contribution in [-0.2, 0) is 0 Å². The quantitative estimate of drug-likeness (QED) is 0.218. The molecule has 0 spiro atoms. The van der Waals surface area contributed by atoms with E-state index in [1.807, 2.05) is 48.5 Å². The minimum atomic E-state index is 0.677. The van der Waals surface area contributed by atoms with Gasteiger partial charge in [-0.05, 0) is 54.6 Å². The van der Waals surface area contributed by atoms with Crippen LogP contribution >= 0.6 is 0 Å². The van der Waals surface area contributed by atoms with Crippen LogP contribution in [0.25, 0.3) is 55.5 Å². The summed E-state index contributed by atoms with van der Waals surface area (Å²) in [6.07, 6.45) is 0. The summed E-state index contributed by atoms with van der Waals surface area (Å²) < 4.78 is 6.23. The molecule has 2 heterocycles. The smallest absolute Gasteiger partial charge is 0.160 e. The number of rotatable bonds is 5. The maximum atomic E-state index is 6.23. The van der Waals surface area contributed by atoms with E-state index in [1.165, 1.54) is 0 Å². The number of anilines is 3. The number of hydrogen-bond donors (Lipinski definition) is 0. The van der Waals surface area contributed by atoms with Gasteiger partial charge in [0.25, 0.3) is 0 Å². The largest absolute Gasteiger partial charge is 0.456 e. The highest BCUT2D eigenvalue weighted by molar-refractivity contribution is 6.21. The third-order valence-electron chi connectivity index (χ3n) is 7.64. The zero-order valence-electron chi connectivity index (χ0n) is 22.7. The molecule has 0 aliphatic rings. The molecule has 0 saturated heterocycles. The fourth-order valence-electron chi connectivity index (χ4n) is 5.76. The number of nitrogens with zero attached hydrogens (tertiary/aromatic N) is 3. The van der Waals surface area contributed by atoms with Crippen LogP contribution < -0.4 is 4.90 Å². The molecule has 198 valence electrons. The highest BCUT2D eigenvalue weighted by atomic mass is 16.3. The van der Waals surface area contributed by atoms with Gasteiger partial charge in [-0.15, -0.1) is 0 Å². The summed E-state index contributed by atoms with van der Waals surface area (Å²) in [5.74, 6) is 0.677. The van der Waals surface area contributed by atoms with Crippen LogP contribution in [0.2, 0.25) is 0 Å². The average molecular weight is 540 g/mol. The summed E-state index contributed by atoms with van der Waals surface area (Å²) >= 11 is 0. The average Bonchev–Trinajstić information content (AvgIpc) is 3.45. The first-order valence-electron chi connectivity index (χ1n) is 14.0. The van der Waals surface area contributed by atoms with Gasteiger partial charge in [0.15, 0.2) is 5.82 Å². The highest BCUT2D eigenvalue weighted by Gasteiger charge is 2.19. The molecule has 0 aliphatic heterocycles. The number of benzene rings is 6. The van der Waals surface area contributed by atoms with E-state index in [9.17, 15) is 0 Å². The number of hydrogen-bond acceptors (Lipinski definition) is 4. The number of furan rings is 1. The van der Waals surface area contributed by atoms with Crippen LogP contribution in [-0.4, -0.2) is 9.97 Å². The lowest BCUT2D eigenvalue weighted by Gasteiger charge is -2.25. The molecule has 8 aromatic rings. The van der Waals surface area contributed by atoms with E-state index in [1.54, 1.807) is 0 Å². The van der Waals surface area contributed by atoms with Crippen molar-refractivity contribution in [3.8, 4) is 22.6 Å². The second kappa shape index (κ2) is 10.0. The Labute approximate surface area is 243 Å². The van der Waals surface area contributed by atoms with Crippen molar-refractivity contribution >= 4 is 49.9 Å². The molecule has 4 nitrogen and oxygen atoms in total. The molecule has 2 aromatic heterocycles. The molecule has 42 heavy (non-hydrogen) atoms. The lowest BCUT2D eigenvalue weighted by molar-refractivity contribution is 0.669. The minimum absolute atomic E-state index is 0.677. The fourth-order valence-corrected chi connectivity index (χ4v) is 5.76. The molecule has 0 N–H and O–H groups in total. The Balaban J connectivity index is 1.36. The lowest BCUT2D eigenvalue weighted by atomic mass is 10.0. The Morgan fingerprint density at radius 2 is 1.07 bits per heavy atom. The number of aromatic nitrogens is 2. The maximum Gasteiger partial charge on any atom is 0.160 e. The molecule has 0 aliphatic carbocycles. The van der Waals surface area contributed by atoms with Gasteiger partial charge in [-0.25, -0.2) is 9.97 Å². The Kier molecular flexibility index (Phi) is 5.75. The summed E-state index contributed by atoms with van der Waals surface area (Å²) in [7, 11) is 0. The van der Waals surface area contributed by atoms with Crippen LogP contribution in [0.15, 0.2) is 156 Å². The van der Waals surface area contributed by atoms with Crippen LogP contribution in [0.1, 0.15) is 0 Å². The molecule has 8 rings (SSSR count). The zero-order valence-corrected chi connectivity index (χ0v) is 22.7. The second-order valence-corrected chi connectivity index (χ2v) is 10.2. The molecule has 0 bridgehead atoms. The van der Waals surface area contributed by atoms with E-state index in [0.29, 0.717) is 5.82 Å². The van der Waals surface area contributed by atoms with E-state index in [0.717, 1.165) is 66.7 Å². The van der Waals surface area contributed by atoms with Crippen molar-refractivity contribution in [2.24, 2.45) is 0 Å². The lowest BCUT2D eigenvalue weighted by Crippen LogP contribution is -2.09. The number of fused-ring (bicyclic) bond motifs is 5. The van der Waals surface area contributed by atoms with Crippen molar-refractivity contribution < 1.29 is 4.42 Å². The molecule has 4 heteroatoms. The van der Waals surface area contributed by atoms with Crippen molar-refractivity contribution in [1.82, 2.24) is 9.97 Å². The predicted molar refractivity (Wildman–Crippen MR) is 172 cm³/mol. The number of para-hydroxylation sites is 3. The summed E-state index contributed by atoms with van der Waals surface area (Å²) in [6, 6.07) is 51.9. The molecule has 0 fully saturated rings. The van der Waals surface area contributed by atoms with Crippen molar-refractivity contribution in [1.29, 1.82) is 0 Å². The van der Waals surface area contributed by atoms with Gasteiger partial charge >= 0.3 is 0 Å². The standard InChI is InChI=1S/C38H25N3O/c1-4-13-26(14-5-1)37-36-32(23-24-34-35(36)31-21-10-11-22-33(31)42-34)39-38(40-37)27-15-12-20-30(25-27)41(28-16-6-2-7-17-28)29-18-8-3-9-19-29/h1-25H. The molecule has 0 saturated carbocycles. The van der Waals surface area contributed by atoms with Crippen molar-refractivity contribution in [3.05, 3.63) is 152 Å². The van der Waals surface area contributed by atoms with Crippen LogP contribution in [0.3, 0.4) is 0 Å². The van der Waals surface area contributed by atoms with E-state index in [4.69, 9.17) is 14.4 Å². The Hall–Kier alpha value is -5.74. The molecule has 0 radical (unpaired) electrons. The van der Waals surface area contributed by atoms with E-state index in [2.05, 4.69) is 108 Å². The SMILES string of the molecule is c1ccc(-c2nc(-c3cccc(N(c4ccccc4)c4ccccc4)c3)nc3ccc4oc5ccccc5c4c23)cc1. The van der Waals surface area contributed by atoms with Crippen LogP contribution in [0.5, 0.6) is 0 Å². The second-order valence-electron chi connectivity index (χ2n) is 10.2. The first kappa shape index (κ1) is 24.1. The van der Waals surface area contributed by atoms with Gasteiger partial charge in [0.1, 0.15) is 11.2 Å². The van der Waals surface area contributed by atoms with Gasteiger partial charge in [-0.3, -0.25) is 0 Å². The van der Waals surface area contributed by atoms with Crippen molar-refractivity contribution in [2.75, 3.05) is 4.90 Å². The van der Waals surface area contributed by atoms with E-state index >= 15 is 0 Å². The monoisotopic (exact) mass is 539 g/mol. The summed E-state index contributed by atoms with van der Waals surface area (Å²) in [4.78, 5) is 12.6.